The highest BCUT2D eigenvalue weighted by molar-refractivity contribution is 5.92. The number of primary amides is 1. The number of nitro benzene ring substituents is 1. The molecular formula is C24H33N7O3. The predicted octanol–water partition coefficient (Wildman–Crippen LogP) is 3.95. The van der Waals surface area contributed by atoms with Gasteiger partial charge in [0.1, 0.15) is 5.82 Å². The Balaban J connectivity index is 1.48. The lowest BCUT2D eigenvalue weighted by molar-refractivity contribution is -0.384. The SMILES string of the molecule is Cc1ccc([N+](=O)[O-])cc1N(C(N)=O)C1CCC(Nc2nc3c(c(N(C)C)n2)CCCC3)CC1. The Bertz CT molecular complexity index is 1080. The Morgan fingerprint density at radius 3 is 2.50 bits per heavy atom. The fraction of sp³-hybridized carbons (Fsp3) is 0.542. The van der Waals surface area contributed by atoms with E-state index in [-0.39, 0.29) is 17.8 Å². The first-order valence-electron chi connectivity index (χ1n) is 11.9. The number of amides is 2. The number of hydrogen-bond donors (Lipinski definition) is 2. The molecule has 0 spiro atoms. The van der Waals surface area contributed by atoms with Crippen molar-refractivity contribution in [3.8, 4) is 0 Å². The lowest BCUT2D eigenvalue weighted by Gasteiger charge is -2.37. The van der Waals surface area contributed by atoms with Gasteiger partial charge in [-0.15, -0.1) is 0 Å². The molecule has 10 heteroatoms. The van der Waals surface area contributed by atoms with Gasteiger partial charge >= 0.3 is 6.03 Å². The van der Waals surface area contributed by atoms with Crippen LogP contribution in [0.25, 0.3) is 0 Å². The van der Waals surface area contributed by atoms with Crippen LogP contribution in [-0.4, -0.2) is 47.1 Å². The first-order chi connectivity index (χ1) is 16.2. The zero-order chi connectivity index (χ0) is 24.4. The number of nitrogens with one attached hydrogen (secondary N) is 1. The largest absolute Gasteiger partial charge is 0.362 e. The zero-order valence-electron chi connectivity index (χ0n) is 20.1. The molecule has 34 heavy (non-hydrogen) atoms. The minimum atomic E-state index is -0.589. The molecule has 182 valence electrons. The molecule has 2 aliphatic carbocycles. The lowest BCUT2D eigenvalue weighted by atomic mass is 9.89. The second kappa shape index (κ2) is 9.82. The van der Waals surface area contributed by atoms with E-state index < -0.39 is 11.0 Å². The summed E-state index contributed by atoms with van der Waals surface area (Å²) in [6.07, 6.45) is 7.43. The number of nitrogens with zero attached hydrogens (tertiary/aromatic N) is 5. The van der Waals surface area contributed by atoms with E-state index in [0.717, 1.165) is 62.0 Å². The Kier molecular flexibility index (Phi) is 6.85. The van der Waals surface area contributed by atoms with Crippen LogP contribution in [0.3, 0.4) is 0 Å². The number of hydrogen-bond acceptors (Lipinski definition) is 7. The third-order valence-electron chi connectivity index (χ3n) is 6.88. The summed E-state index contributed by atoms with van der Waals surface area (Å²) in [4.78, 5) is 36.4. The number of non-ortho nitro benzene ring substituents is 1. The van der Waals surface area contributed by atoms with Crippen molar-refractivity contribution in [2.24, 2.45) is 5.73 Å². The topological polar surface area (TPSA) is 131 Å². The number of aryl methyl sites for hydroxylation is 2. The number of carbonyl (C=O) groups is 1. The predicted molar refractivity (Wildman–Crippen MR) is 133 cm³/mol. The first-order valence-corrected chi connectivity index (χ1v) is 11.9. The number of nitrogens with two attached hydrogens (primary N) is 1. The van der Waals surface area contributed by atoms with Gasteiger partial charge in [-0.3, -0.25) is 15.0 Å². The van der Waals surface area contributed by atoms with Crippen molar-refractivity contribution in [3.63, 3.8) is 0 Å². The molecule has 0 radical (unpaired) electrons. The van der Waals surface area contributed by atoms with Crippen LogP contribution in [0.2, 0.25) is 0 Å². The van der Waals surface area contributed by atoms with Crippen molar-refractivity contribution >= 4 is 29.2 Å². The van der Waals surface area contributed by atoms with Gasteiger partial charge in [0, 0.05) is 43.9 Å². The first kappa shape index (κ1) is 23.7. The van der Waals surface area contributed by atoms with E-state index >= 15 is 0 Å². The fourth-order valence-corrected chi connectivity index (χ4v) is 5.14. The molecule has 1 fully saturated rings. The van der Waals surface area contributed by atoms with Crippen LogP contribution in [-0.2, 0) is 12.8 Å². The molecule has 1 aromatic heterocycles. The van der Waals surface area contributed by atoms with Gasteiger partial charge in [0.15, 0.2) is 0 Å². The second-order valence-electron chi connectivity index (χ2n) is 9.48. The Morgan fingerprint density at radius 2 is 1.85 bits per heavy atom. The molecular weight excluding hydrogens is 434 g/mol. The van der Waals surface area contributed by atoms with Gasteiger partial charge in [0.2, 0.25) is 5.95 Å². The number of urea groups is 1. The number of anilines is 3. The van der Waals surface area contributed by atoms with Crippen LogP contribution < -0.4 is 20.9 Å². The van der Waals surface area contributed by atoms with Crippen LogP contribution in [0.15, 0.2) is 18.2 Å². The molecule has 0 unspecified atom stereocenters. The van der Waals surface area contributed by atoms with E-state index in [1.165, 1.54) is 29.0 Å². The number of nitro groups is 1. The average molecular weight is 468 g/mol. The smallest absolute Gasteiger partial charge is 0.319 e. The van der Waals surface area contributed by atoms with Crippen molar-refractivity contribution in [1.82, 2.24) is 9.97 Å². The van der Waals surface area contributed by atoms with Gasteiger partial charge in [-0.2, -0.15) is 4.98 Å². The molecule has 2 aromatic rings. The van der Waals surface area contributed by atoms with Gasteiger partial charge in [-0.05, 0) is 63.9 Å². The summed E-state index contributed by atoms with van der Waals surface area (Å²) in [7, 11) is 4.03. The van der Waals surface area contributed by atoms with E-state index in [9.17, 15) is 14.9 Å². The van der Waals surface area contributed by atoms with Crippen molar-refractivity contribution < 1.29 is 9.72 Å². The minimum absolute atomic E-state index is 0.0524. The number of carbonyl (C=O) groups excluding carboxylic acids is 1. The van der Waals surface area contributed by atoms with Crippen molar-refractivity contribution in [2.45, 2.75) is 70.4 Å². The summed E-state index contributed by atoms with van der Waals surface area (Å²) in [5, 5.41) is 14.8. The van der Waals surface area contributed by atoms with Crippen LogP contribution in [0.1, 0.15) is 55.3 Å². The van der Waals surface area contributed by atoms with Crippen LogP contribution >= 0.6 is 0 Å². The standard InChI is InChI=1S/C24H33N7O3/c1-15-8-11-18(31(33)34)14-21(15)30(23(25)32)17-12-9-16(10-13-17)26-24-27-20-7-5-4-6-19(20)22(28-24)29(2)3/h8,11,14,16-17H,4-7,9-10,12-13H2,1-3H3,(H2,25,32)(H,26,27,28). The van der Waals surface area contributed by atoms with Crippen LogP contribution in [0.4, 0.5) is 27.9 Å². The molecule has 1 saturated carbocycles. The maximum Gasteiger partial charge on any atom is 0.319 e. The Labute approximate surface area is 199 Å². The van der Waals surface area contributed by atoms with E-state index in [0.29, 0.717) is 11.6 Å². The summed E-state index contributed by atoms with van der Waals surface area (Å²) >= 11 is 0. The Hall–Kier alpha value is -3.43. The van der Waals surface area contributed by atoms with Crippen LogP contribution in [0, 0.1) is 17.0 Å². The molecule has 2 aliphatic rings. The highest BCUT2D eigenvalue weighted by Gasteiger charge is 2.31. The molecule has 0 bridgehead atoms. The van der Waals surface area contributed by atoms with Gasteiger partial charge in [-0.25, -0.2) is 9.78 Å². The third kappa shape index (κ3) is 4.90. The zero-order valence-corrected chi connectivity index (χ0v) is 20.1. The molecule has 0 saturated heterocycles. The van der Waals surface area contributed by atoms with E-state index in [1.54, 1.807) is 6.07 Å². The molecule has 2 amide bonds. The van der Waals surface area contributed by atoms with E-state index in [2.05, 4.69) is 10.2 Å². The van der Waals surface area contributed by atoms with Crippen molar-refractivity contribution in [1.29, 1.82) is 0 Å². The van der Waals surface area contributed by atoms with Gasteiger partial charge < -0.3 is 16.0 Å². The minimum Gasteiger partial charge on any atom is -0.362 e. The third-order valence-corrected chi connectivity index (χ3v) is 6.88. The molecule has 0 atom stereocenters. The van der Waals surface area contributed by atoms with Gasteiger partial charge in [0.25, 0.3) is 5.69 Å². The monoisotopic (exact) mass is 467 g/mol. The summed E-state index contributed by atoms with van der Waals surface area (Å²) < 4.78 is 0. The summed E-state index contributed by atoms with van der Waals surface area (Å²) in [5.74, 6) is 1.65. The highest BCUT2D eigenvalue weighted by atomic mass is 16.6. The van der Waals surface area contributed by atoms with Gasteiger partial charge in [-0.1, -0.05) is 6.07 Å². The van der Waals surface area contributed by atoms with Crippen molar-refractivity contribution in [3.05, 3.63) is 45.1 Å². The number of rotatable bonds is 6. The lowest BCUT2D eigenvalue weighted by Crippen LogP contribution is -2.47. The van der Waals surface area contributed by atoms with Crippen molar-refractivity contribution in [2.75, 3.05) is 29.2 Å². The summed E-state index contributed by atoms with van der Waals surface area (Å²) in [5.41, 5.74) is 9.37. The number of aromatic nitrogens is 2. The summed E-state index contributed by atoms with van der Waals surface area (Å²) in [6, 6.07) is 4.03. The fourth-order valence-electron chi connectivity index (χ4n) is 5.14. The maximum absolute atomic E-state index is 12.4. The molecule has 1 heterocycles. The molecule has 0 aliphatic heterocycles. The van der Waals surface area contributed by atoms with E-state index in [1.807, 2.05) is 21.0 Å². The molecule has 3 N–H and O–H groups in total. The molecule has 4 rings (SSSR count). The quantitative estimate of drug-likeness (QED) is 0.486. The number of benzene rings is 1. The normalized spacial score (nSPS) is 19.7. The highest BCUT2D eigenvalue weighted by Crippen LogP contribution is 2.33. The second-order valence-corrected chi connectivity index (χ2v) is 9.48. The van der Waals surface area contributed by atoms with Crippen LogP contribution in [0.5, 0.6) is 0 Å². The summed E-state index contributed by atoms with van der Waals surface area (Å²) in [6.45, 7) is 1.83. The van der Waals surface area contributed by atoms with Gasteiger partial charge in [0.05, 0.1) is 16.3 Å². The van der Waals surface area contributed by atoms with E-state index in [4.69, 9.17) is 15.7 Å². The number of fused-ring (bicyclic) bond motifs is 1. The maximum atomic E-state index is 12.4. The average Bonchev–Trinajstić information content (AvgIpc) is 2.80. The molecule has 10 nitrogen and oxygen atoms in total. The Morgan fingerprint density at radius 1 is 1.15 bits per heavy atom. The molecule has 1 aromatic carbocycles.